The molecule has 0 aliphatic carbocycles. The highest BCUT2D eigenvalue weighted by molar-refractivity contribution is 7.80. The van der Waals surface area contributed by atoms with Crippen LogP contribution in [0.2, 0.25) is 0 Å². The van der Waals surface area contributed by atoms with E-state index in [1.165, 1.54) is 7.11 Å². The zero-order valence-corrected chi connectivity index (χ0v) is 18.6. The van der Waals surface area contributed by atoms with Crippen LogP contribution in [0.1, 0.15) is 12.8 Å². The smallest absolute Gasteiger partial charge is 0.390 e. The standard InChI is InChI=1S/C17H31NO14S/c1-26-12-3-8(20)10(5-28-12)30-17-14(18)15(22)16(11(31-17)6-29-33(23,24)25)32-13-2-7(19)9(21)4-27-13/h7-17,19-22H,2-6,18H2,1H3,(H,23,24,25)/t7-,8-,9+,10+,11?,12+,13-,14?,15+,16+,17+/m0/s1. The molecule has 15 nitrogen and oxygen atoms in total. The second-order valence-electron chi connectivity index (χ2n) is 8.03. The summed E-state index contributed by atoms with van der Waals surface area (Å²) in [5.41, 5.74) is 6.06. The van der Waals surface area contributed by atoms with E-state index >= 15 is 0 Å². The Morgan fingerprint density at radius 3 is 2.24 bits per heavy atom. The lowest BCUT2D eigenvalue weighted by Crippen LogP contribution is -2.65. The van der Waals surface area contributed by atoms with E-state index in [1.54, 1.807) is 0 Å². The van der Waals surface area contributed by atoms with Crippen molar-refractivity contribution < 1.29 is 66.0 Å². The van der Waals surface area contributed by atoms with Crippen LogP contribution in [-0.2, 0) is 43.0 Å². The van der Waals surface area contributed by atoms with Crippen molar-refractivity contribution in [3.05, 3.63) is 0 Å². The highest BCUT2D eigenvalue weighted by atomic mass is 32.3. The molecule has 194 valence electrons. The van der Waals surface area contributed by atoms with Crippen molar-refractivity contribution in [3.63, 3.8) is 0 Å². The van der Waals surface area contributed by atoms with E-state index in [-0.39, 0.29) is 26.1 Å². The van der Waals surface area contributed by atoms with E-state index in [4.69, 9.17) is 38.7 Å². The Hall–Kier alpha value is -0.570. The molecule has 0 spiro atoms. The fourth-order valence-corrected chi connectivity index (χ4v) is 4.03. The van der Waals surface area contributed by atoms with Crippen LogP contribution in [0.15, 0.2) is 0 Å². The lowest BCUT2D eigenvalue weighted by molar-refractivity contribution is -0.330. The molecule has 3 heterocycles. The molecule has 2 unspecified atom stereocenters. The molecule has 3 rings (SSSR count). The van der Waals surface area contributed by atoms with E-state index in [2.05, 4.69) is 4.18 Å². The molecule has 0 aromatic heterocycles. The first kappa shape index (κ1) is 27.0. The van der Waals surface area contributed by atoms with Crippen LogP contribution in [0.4, 0.5) is 0 Å². The number of nitrogens with two attached hydrogens (primary N) is 1. The number of hydrogen-bond donors (Lipinski definition) is 6. The molecule has 3 fully saturated rings. The minimum Gasteiger partial charge on any atom is -0.390 e. The minimum absolute atomic E-state index is 0.0649. The van der Waals surface area contributed by atoms with Crippen LogP contribution in [-0.4, -0.2) is 128 Å². The van der Waals surface area contributed by atoms with Crippen molar-refractivity contribution in [2.45, 2.75) is 80.5 Å². The zero-order valence-electron chi connectivity index (χ0n) is 17.8. The third-order valence-corrected chi connectivity index (χ3v) is 6.06. The Labute approximate surface area is 190 Å². The summed E-state index contributed by atoms with van der Waals surface area (Å²) in [4.78, 5) is 0. The Morgan fingerprint density at radius 2 is 1.64 bits per heavy atom. The molecule has 7 N–H and O–H groups in total. The van der Waals surface area contributed by atoms with Gasteiger partial charge in [-0.05, 0) is 0 Å². The molecule has 0 saturated carbocycles. The second-order valence-corrected chi connectivity index (χ2v) is 9.12. The summed E-state index contributed by atoms with van der Waals surface area (Å²) >= 11 is 0. The summed E-state index contributed by atoms with van der Waals surface area (Å²) in [5, 5.41) is 40.4. The van der Waals surface area contributed by atoms with Crippen LogP contribution < -0.4 is 5.73 Å². The average Bonchev–Trinajstić information content (AvgIpc) is 2.75. The van der Waals surface area contributed by atoms with Gasteiger partial charge >= 0.3 is 10.4 Å². The van der Waals surface area contributed by atoms with Crippen molar-refractivity contribution in [2.24, 2.45) is 5.73 Å². The van der Waals surface area contributed by atoms with Gasteiger partial charge in [-0.3, -0.25) is 4.55 Å². The van der Waals surface area contributed by atoms with Gasteiger partial charge in [0.1, 0.15) is 30.5 Å². The predicted molar refractivity (Wildman–Crippen MR) is 104 cm³/mol. The third kappa shape index (κ3) is 7.21. The molecule has 16 heteroatoms. The van der Waals surface area contributed by atoms with Gasteiger partial charge in [-0.1, -0.05) is 0 Å². The molecule has 0 aromatic carbocycles. The van der Waals surface area contributed by atoms with E-state index < -0.39 is 84.6 Å². The minimum atomic E-state index is -4.86. The van der Waals surface area contributed by atoms with Gasteiger partial charge in [-0.15, -0.1) is 0 Å². The predicted octanol–water partition coefficient (Wildman–Crippen LogP) is -3.79. The molecule has 3 saturated heterocycles. The largest absolute Gasteiger partial charge is 0.397 e. The average molecular weight is 505 g/mol. The first-order valence-electron chi connectivity index (χ1n) is 10.3. The molecular formula is C17H31NO14S. The maximum absolute atomic E-state index is 11.1. The first-order chi connectivity index (χ1) is 15.5. The van der Waals surface area contributed by atoms with Gasteiger partial charge in [0.2, 0.25) is 0 Å². The van der Waals surface area contributed by atoms with Gasteiger partial charge < -0.3 is 54.6 Å². The number of aliphatic hydroxyl groups is 4. The lowest BCUT2D eigenvalue weighted by atomic mass is 9.97. The number of hydrogen-bond acceptors (Lipinski definition) is 14. The summed E-state index contributed by atoms with van der Waals surface area (Å²) in [7, 11) is -3.44. The Kier molecular flexibility index (Phi) is 9.37. The molecule has 0 amide bonds. The van der Waals surface area contributed by atoms with E-state index in [1.807, 2.05) is 0 Å². The normalized spacial score (nSPS) is 45.1. The molecule has 11 atom stereocenters. The summed E-state index contributed by atoms with van der Waals surface area (Å²) in [5.74, 6) is 0. The zero-order chi connectivity index (χ0) is 24.3. The van der Waals surface area contributed by atoms with Crippen molar-refractivity contribution in [1.29, 1.82) is 0 Å². The number of rotatable bonds is 8. The van der Waals surface area contributed by atoms with Crippen molar-refractivity contribution >= 4 is 10.4 Å². The molecule has 0 bridgehead atoms. The highest BCUT2D eigenvalue weighted by Gasteiger charge is 2.48. The van der Waals surface area contributed by atoms with Gasteiger partial charge in [-0.2, -0.15) is 8.42 Å². The second kappa shape index (κ2) is 11.4. The maximum atomic E-state index is 11.1. The topological polar surface area (TPSA) is 226 Å². The van der Waals surface area contributed by atoms with E-state index in [9.17, 15) is 28.8 Å². The van der Waals surface area contributed by atoms with Gasteiger partial charge in [0.25, 0.3) is 0 Å². The van der Waals surface area contributed by atoms with Crippen molar-refractivity contribution in [1.82, 2.24) is 0 Å². The summed E-state index contributed by atoms with van der Waals surface area (Å²) < 4.78 is 68.2. The molecule has 0 aromatic rings. The third-order valence-electron chi connectivity index (χ3n) is 5.62. The van der Waals surface area contributed by atoms with Gasteiger partial charge in [0.05, 0.1) is 38.1 Å². The van der Waals surface area contributed by atoms with Crippen LogP contribution >= 0.6 is 0 Å². The van der Waals surface area contributed by atoms with Crippen LogP contribution in [0.3, 0.4) is 0 Å². The SMILES string of the molecule is CO[C@H]1C[C@H](O)[C@H](O[C@@H]2OC(COS(=O)(=O)O)[C@@H](O[C@H]3C[C@H](O)[C@H](O)CO3)[C@H](O)C2N)CO1. The molecule has 0 radical (unpaired) electrons. The number of aliphatic hydroxyl groups excluding tert-OH is 4. The van der Waals surface area contributed by atoms with Crippen molar-refractivity contribution in [3.8, 4) is 0 Å². The summed E-state index contributed by atoms with van der Waals surface area (Å²) in [6.45, 7) is -1.08. The first-order valence-corrected chi connectivity index (χ1v) is 11.7. The lowest BCUT2D eigenvalue weighted by Gasteiger charge is -2.46. The maximum Gasteiger partial charge on any atom is 0.397 e. The fourth-order valence-electron chi connectivity index (χ4n) is 3.72. The number of methoxy groups -OCH3 is 1. The number of ether oxygens (including phenoxy) is 6. The Morgan fingerprint density at radius 1 is 0.970 bits per heavy atom. The van der Waals surface area contributed by atoms with Gasteiger partial charge in [-0.25, -0.2) is 4.18 Å². The van der Waals surface area contributed by atoms with Crippen LogP contribution in [0.5, 0.6) is 0 Å². The Balaban J connectivity index is 1.69. The Bertz CT molecular complexity index is 727. The fraction of sp³-hybridized carbons (Fsp3) is 1.00. The summed E-state index contributed by atoms with van der Waals surface area (Å²) in [6.07, 6.45) is -11.4. The molecule has 33 heavy (non-hydrogen) atoms. The molecule has 3 aliphatic rings. The molecular weight excluding hydrogens is 474 g/mol. The van der Waals surface area contributed by atoms with E-state index in [0.29, 0.717) is 0 Å². The van der Waals surface area contributed by atoms with Gasteiger partial charge in [0.15, 0.2) is 18.9 Å². The monoisotopic (exact) mass is 505 g/mol. The van der Waals surface area contributed by atoms with Crippen LogP contribution in [0.25, 0.3) is 0 Å². The van der Waals surface area contributed by atoms with E-state index in [0.717, 1.165) is 0 Å². The molecule has 3 aliphatic heterocycles. The quantitative estimate of drug-likeness (QED) is 0.174. The van der Waals surface area contributed by atoms with Crippen molar-refractivity contribution in [2.75, 3.05) is 26.9 Å². The summed E-state index contributed by atoms with van der Waals surface area (Å²) in [6, 6.07) is -1.22. The van der Waals surface area contributed by atoms with Crippen LogP contribution in [0, 0.1) is 0 Å². The van der Waals surface area contributed by atoms with Gasteiger partial charge in [0, 0.05) is 20.0 Å². The highest BCUT2D eigenvalue weighted by Crippen LogP contribution is 2.29.